The Balaban J connectivity index is 2.43. The molecule has 2 aromatic carbocycles. The average Bonchev–Trinajstić information content (AvgIpc) is 2.68. The highest BCUT2D eigenvalue weighted by atomic mass is 32.1. The van der Waals surface area contributed by atoms with E-state index in [1.807, 2.05) is 11.3 Å². The van der Waals surface area contributed by atoms with Crippen LogP contribution < -0.4 is 0 Å². The molecule has 3 rings (SSSR count). The minimum atomic E-state index is 0.212. The molecule has 1 aromatic heterocycles. The second-order valence-electron chi connectivity index (χ2n) is 3.86. The van der Waals surface area contributed by atoms with E-state index in [2.05, 4.69) is 42.5 Å². The average molecular weight is 228 g/mol. The molecule has 2 heteroatoms. The molecule has 1 nitrogen and oxygen atoms in total. The van der Waals surface area contributed by atoms with Crippen LogP contribution >= 0.6 is 11.3 Å². The molecular formula is C14H12OS. The van der Waals surface area contributed by atoms with Crippen LogP contribution in [0.1, 0.15) is 5.56 Å². The lowest BCUT2D eigenvalue weighted by Gasteiger charge is -2.01. The molecule has 0 unspecified atom stereocenters. The Hall–Kier alpha value is -1.38. The molecule has 0 amide bonds. The number of rotatable bonds is 2. The smallest absolute Gasteiger partial charge is 0.0471 e. The van der Waals surface area contributed by atoms with E-state index in [0.717, 1.165) is 6.42 Å². The monoisotopic (exact) mass is 228 g/mol. The van der Waals surface area contributed by atoms with Crippen molar-refractivity contribution in [1.29, 1.82) is 0 Å². The van der Waals surface area contributed by atoms with Crippen LogP contribution in [-0.2, 0) is 6.42 Å². The molecule has 0 aliphatic heterocycles. The van der Waals surface area contributed by atoms with Crippen LogP contribution in [0.25, 0.3) is 20.2 Å². The minimum absolute atomic E-state index is 0.212. The summed E-state index contributed by atoms with van der Waals surface area (Å²) in [6.07, 6.45) is 0.734. The van der Waals surface area contributed by atoms with Gasteiger partial charge in [0.2, 0.25) is 0 Å². The van der Waals surface area contributed by atoms with Gasteiger partial charge in [0, 0.05) is 26.8 Å². The van der Waals surface area contributed by atoms with Crippen molar-refractivity contribution in [2.24, 2.45) is 0 Å². The maximum absolute atomic E-state index is 9.09. The lowest BCUT2D eigenvalue weighted by Crippen LogP contribution is -1.90. The molecule has 80 valence electrons. The number of fused-ring (bicyclic) bond motifs is 3. The van der Waals surface area contributed by atoms with E-state index in [9.17, 15) is 0 Å². The largest absolute Gasteiger partial charge is 0.396 e. The lowest BCUT2D eigenvalue weighted by atomic mass is 10.0. The predicted molar refractivity (Wildman–Crippen MR) is 70.1 cm³/mol. The molecule has 0 saturated carbocycles. The summed E-state index contributed by atoms with van der Waals surface area (Å²) in [6, 6.07) is 14.8. The molecule has 0 atom stereocenters. The van der Waals surface area contributed by atoms with Gasteiger partial charge in [-0.25, -0.2) is 0 Å². The van der Waals surface area contributed by atoms with Crippen molar-refractivity contribution in [3.8, 4) is 0 Å². The molecule has 0 saturated heterocycles. The molecule has 1 heterocycles. The molecule has 0 spiro atoms. The fourth-order valence-electron chi connectivity index (χ4n) is 2.18. The summed E-state index contributed by atoms with van der Waals surface area (Å²) in [7, 11) is 0. The Morgan fingerprint density at radius 3 is 2.62 bits per heavy atom. The number of hydrogen-bond donors (Lipinski definition) is 1. The van der Waals surface area contributed by atoms with Crippen molar-refractivity contribution in [2.45, 2.75) is 6.42 Å². The van der Waals surface area contributed by atoms with Gasteiger partial charge >= 0.3 is 0 Å². The van der Waals surface area contributed by atoms with E-state index in [1.165, 1.54) is 25.7 Å². The first-order chi connectivity index (χ1) is 7.90. The quantitative estimate of drug-likeness (QED) is 0.710. The van der Waals surface area contributed by atoms with Crippen LogP contribution in [0.3, 0.4) is 0 Å². The van der Waals surface area contributed by atoms with Crippen LogP contribution in [0.4, 0.5) is 0 Å². The summed E-state index contributed by atoms with van der Waals surface area (Å²) < 4.78 is 2.63. The summed E-state index contributed by atoms with van der Waals surface area (Å²) in [5, 5.41) is 11.7. The summed E-state index contributed by atoms with van der Waals surface area (Å²) in [5.74, 6) is 0. The second-order valence-corrected chi connectivity index (χ2v) is 4.95. The minimum Gasteiger partial charge on any atom is -0.396 e. The fourth-order valence-corrected chi connectivity index (χ4v) is 3.33. The maximum Gasteiger partial charge on any atom is 0.0471 e. The Morgan fingerprint density at radius 2 is 1.75 bits per heavy atom. The van der Waals surface area contributed by atoms with Crippen LogP contribution in [0.5, 0.6) is 0 Å². The molecule has 0 fully saturated rings. The zero-order valence-corrected chi connectivity index (χ0v) is 9.63. The lowest BCUT2D eigenvalue weighted by molar-refractivity contribution is 0.300. The van der Waals surface area contributed by atoms with Gasteiger partial charge in [0.15, 0.2) is 0 Å². The van der Waals surface area contributed by atoms with E-state index in [0.29, 0.717) is 0 Å². The van der Waals surface area contributed by atoms with Crippen molar-refractivity contribution in [2.75, 3.05) is 6.61 Å². The first kappa shape index (κ1) is 9.82. The van der Waals surface area contributed by atoms with Crippen LogP contribution in [-0.4, -0.2) is 11.7 Å². The number of benzene rings is 2. The molecule has 0 aliphatic carbocycles. The molecular weight excluding hydrogens is 216 g/mol. The zero-order chi connectivity index (χ0) is 11.0. The third-order valence-electron chi connectivity index (χ3n) is 2.87. The number of aliphatic hydroxyl groups is 1. The molecule has 0 radical (unpaired) electrons. The van der Waals surface area contributed by atoms with E-state index in [-0.39, 0.29) is 6.61 Å². The Labute approximate surface area is 98.0 Å². The van der Waals surface area contributed by atoms with E-state index >= 15 is 0 Å². The van der Waals surface area contributed by atoms with Crippen molar-refractivity contribution < 1.29 is 5.11 Å². The fraction of sp³-hybridized carbons (Fsp3) is 0.143. The SMILES string of the molecule is OCCc1cccc2sc3ccccc3c12. The van der Waals surface area contributed by atoms with Gasteiger partial charge in [-0.1, -0.05) is 30.3 Å². The molecule has 16 heavy (non-hydrogen) atoms. The van der Waals surface area contributed by atoms with Crippen LogP contribution in [0.15, 0.2) is 42.5 Å². The third-order valence-corrected chi connectivity index (χ3v) is 4.01. The molecule has 1 N–H and O–H groups in total. The highest BCUT2D eigenvalue weighted by molar-refractivity contribution is 7.25. The first-order valence-electron chi connectivity index (χ1n) is 5.40. The number of aliphatic hydroxyl groups excluding tert-OH is 1. The van der Waals surface area contributed by atoms with Gasteiger partial charge < -0.3 is 5.11 Å². The number of hydrogen-bond acceptors (Lipinski definition) is 2. The summed E-state index contributed by atoms with van der Waals surface area (Å²) in [4.78, 5) is 0. The summed E-state index contributed by atoms with van der Waals surface area (Å²) in [5.41, 5.74) is 1.25. The standard InChI is InChI=1S/C14H12OS/c15-9-8-10-4-3-7-13-14(10)11-5-1-2-6-12(11)16-13/h1-7,15H,8-9H2. The third kappa shape index (κ3) is 1.42. The van der Waals surface area contributed by atoms with Gasteiger partial charge in [0.05, 0.1) is 0 Å². The number of thiophene rings is 1. The zero-order valence-electron chi connectivity index (χ0n) is 8.81. The van der Waals surface area contributed by atoms with Gasteiger partial charge in [-0.2, -0.15) is 0 Å². The van der Waals surface area contributed by atoms with Crippen molar-refractivity contribution in [1.82, 2.24) is 0 Å². The summed E-state index contributed by atoms with van der Waals surface area (Å²) >= 11 is 1.82. The Kier molecular flexibility index (Phi) is 2.39. The topological polar surface area (TPSA) is 20.2 Å². The Morgan fingerprint density at radius 1 is 0.938 bits per heavy atom. The molecule has 3 aromatic rings. The van der Waals surface area contributed by atoms with E-state index in [4.69, 9.17) is 5.11 Å². The normalized spacial score (nSPS) is 11.3. The highest BCUT2D eigenvalue weighted by Gasteiger charge is 2.07. The van der Waals surface area contributed by atoms with Crippen molar-refractivity contribution in [3.05, 3.63) is 48.0 Å². The van der Waals surface area contributed by atoms with E-state index < -0.39 is 0 Å². The van der Waals surface area contributed by atoms with Gasteiger partial charge in [-0.15, -0.1) is 11.3 Å². The summed E-state index contributed by atoms with van der Waals surface area (Å²) in [6.45, 7) is 0.212. The van der Waals surface area contributed by atoms with Gasteiger partial charge in [0.1, 0.15) is 0 Å². The van der Waals surface area contributed by atoms with Crippen LogP contribution in [0, 0.1) is 0 Å². The highest BCUT2D eigenvalue weighted by Crippen LogP contribution is 2.35. The predicted octanol–water partition coefficient (Wildman–Crippen LogP) is 3.59. The van der Waals surface area contributed by atoms with Crippen molar-refractivity contribution in [3.63, 3.8) is 0 Å². The van der Waals surface area contributed by atoms with Gasteiger partial charge in [-0.3, -0.25) is 0 Å². The van der Waals surface area contributed by atoms with Crippen LogP contribution in [0.2, 0.25) is 0 Å². The first-order valence-corrected chi connectivity index (χ1v) is 6.22. The second kappa shape index (κ2) is 3.89. The van der Waals surface area contributed by atoms with Crippen molar-refractivity contribution >= 4 is 31.5 Å². The molecule has 0 bridgehead atoms. The molecule has 0 aliphatic rings. The van der Waals surface area contributed by atoms with E-state index in [1.54, 1.807) is 0 Å². The Bertz CT molecular complexity index is 639. The van der Waals surface area contributed by atoms with Gasteiger partial charge in [0.25, 0.3) is 0 Å². The maximum atomic E-state index is 9.09. The van der Waals surface area contributed by atoms with Gasteiger partial charge in [-0.05, 0) is 24.1 Å².